The second-order valence-electron chi connectivity index (χ2n) is 6.71. The number of anilines is 1. The average molecular weight is 534 g/mol. The third-order valence-electron chi connectivity index (χ3n) is 4.08. The van der Waals surface area contributed by atoms with Gasteiger partial charge in [-0.2, -0.15) is 0 Å². The normalized spacial score (nSPS) is 11.9. The van der Waals surface area contributed by atoms with Gasteiger partial charge in [-0.25, -0.2) is 21.1 Å². The van der Waals surface area contributed by atoms with Gasteiger partial charge in [0.15, 0.2) is 0 Å². The Morgan fingerprint density at radius 1 is 1.06 bits per heavy atom. The molecule has 0 heterocycles. The van der Waals surface area contributed by atoms with Crippen molar-refractivity contribution in [1.29, 1.82) is 0 Å². The number of benzene rings is 2. The van der Waals surface area contributed by atoms with Gasteiger partial charge in [0.25, 0.3) is 0 Å². The molecular formula is C19H24BrN3O6S2. The second kappa shape index (κ2) is 10.4. The van der Waals surface area contributed by atoms with Gasteiger partial charge in [-0.1, -0.05) is 22.0 Å². The summed E-state index contributed by atoms with van der Waals surface area (Å²) in [7, 11) is -4.28. The monoisotopic (exact) mass is 533 g/mol. The van der Waals surface area contributed by atoms with Crippen LogP contribution in [-0.4, -0.2) is 67.1 Å². The number of halogens is 1. The average Bonchev–Trinajstić information content (AvgIpc) is 2.68. The highest BCUT2D eigenvalue weighted by Crippen LogP contribution is 2.22. The largest absolute Gasteiger partial charge is 0.492 e. The fourth-order valence-corrected chi connectivity index (χ4v) is 4.63. The van der Waals surface area contributed by atoms with Crippen LogP contribution in [0.2, 0.25) is 0 Å². The lowest BCUT2D eigenvalue weighted by molar-refractivity contribution is -0.119. The van der Waals surface area contributed by atoms with Gasteiger partial charge in [-0.3, -0.25) is 9.10 Å². The van der Waals surface area contributed by atoms with Crippen LogP contribution in [0.15, 0.2) is 57.9 Å². The Morgan fingerprint density at radius 3 is 2.26 bits per heavy atom. The number of rotatable bonds is 10. The van der Waals surface area contributed by atoms with Crippen LogP contribution >= 0.6 is 15.9 Å². The van der Waals surface area contributed by atoms with E-state index < -0.39 is 26.0 Å². The van der Waals surface area contributed by atoms with E-state index in [1.54, 1.807) is 24.3 Å². The molecule has 31 heavy (non-hydrogen) atoms. The van der Waals surface area contributed by atoms with Crippen LogP contribution in [0.5, 0.6) is 5.75 Å². The van der Waals surface area contributed by atoms with E-state index in [0.717, 1.165) is 14.9 Å². The minimum Gasteiger partial charge on any atom is -0.492 e. The molecule has 0 aliphatic rings. The van der Waals surface area contributed by atoms with Crippen LogP contribution in [0, 0.1) is 0 Å². The number of sulfonamides is 2. The third-order valence-corrected chi connectivity index (χ3v) is 7.54. The molecule has 2 aromatic carbocycles. The summed E-state index contributed by atoms with van der Waals surface area (Å²) in [6.45, 7) is -0.0969. The summed E-state index contributed by atoms with van der Waals surface area (Å²) in [5.41, 5.74) is 0.371. The topological polar surface area (TPSA) is 113 Å². The standard InChI is InChI=1S/C19H24BrN3O6S2/c1-22(2)31(27,28)18-9-7-17(8-10-18)29-12-11-21-19(24)14-23(30(3,25)26)16-6-4-5-15(20)13-16/h4-10,13H,11-12,14H2,1-3H3,(H,21,24). The highest BCUT2D eigenvalue weighted by Gasteiger charge is 2.21. The van der Waals surface area contributed by atoms with Crippen molar-refractivity contribution in [2.45, 2.75) is 4.90 Å². The number of nitrogens with one attached hydrogen (secondary N) is 1. The molecule has 2 rings (SSSR count). The molecule has 0 saturated carbocycles. The van der Waals surface area contributed by atoms with Gasteiger partial charge in [0.05, 0.1) is 23.4 Å². The predicted octanol–water partition coefficient (Wildman–Crippen LogP) is 1.66. The van der Waals surface area contributed by atoms with Gasteiger partial charge in [0, 0.05) is 18.6 Å². The van der Waals surface area contributed by atoms with Gasteiger partial charge >= 0.3 is 0 Å². The molecule has 0 aliphatic heterocycles. The van der Waals surface area contributed by atoms with E-state index in [9.17, 15) is 21.6 Å². The van der Waals surface area contributed by atoms with Crippen molar-refractivity contribution in [3.63, 3.8) is 0 Å². The van der Waals surface area contributed by atoms with Crippen LogP contribution < -0.4 is 14.4 Å². The van der Waals surface area contributed by atoms with E-state index in [0.29, 0.717) is 15.9 Å². The minimum absolute atomic E-state index is 0.126. The molecule has 0 saturated heterocycles. The Balaban J connectivity index is 1.89. The molecule has 1 amide bonds. The molecule has 0 aromatic heterocycles. The van der Waals surface area contributed by atoms with Crippen LogP contribution in [-0.2, 0) is 24.8 Å². The van der Waals surface area contributed by atoms with Crippen LogP contribution in [0.1, 0.15) is 0 Å². The molecule has 0 spiro atoms. The van der Waals surface area contributed by atoms with Gasteiger partial charge < -0.3 is 10.1 Å². The number of ether oxygens (including phenoxy) is 1. The number of carbonyl (C=O) groups excluding carboxylic acids is 1. The lowest BCUT2D eigenvalue weighted by Gasteiger charge is -2.22. The Morgan fingerprint density at radius 2 is 1.71 bits per heavy atom. The van der Waals surface area contributed by atoms with Crippen molar-refractivity contribution in [2.24, 2.45) is 0 Å². The first-order valence-corrected chi connectivity index (χ1v) is 13.1. The molecule has 0 bridgehead atoms. The fraction of sp³-hybridized carbons (Fsp3) is 0.316. The second-order valence-corrected chi connectivity index (χ2v) is 11.7. The van der Waals surface area contributed by atoms with Crippen molar-refractivity contribution in [2.75, 3.05) is 44.4 Å². The van der Waals surface area contributed by atoms with E-state index in [4.69, 9.17) is 4.74 Å². The van der Waals surface area contributed by atoms with Crippen molar-refractivity contribution in [3.8, 4) is 5.75 Å². The number of carbonyl (C=O) groups is 1. The summed E-state index contributed by atoms with van der Waals surface area (Å²) in [5.74, 6) is -0.0414. The van der Waals surface area contributed by atoms with Crippen molar-refractivity contribution in [3.05, 3.63) is 53.0 Å². The third kappa shape index (κ3) is 7.20. The van der Waals surface area contributed by atoms with E-state index >= 15 is 0 Å². The quantitative estimate of drug-likeness (QED) is 0.464. The Kier molecular flexibility index (Phi) is 8.46. The summed E-state index contributed by atoms with van der Waals surface area (Å²) in [4.78, 5) is 12.4. The van der Waals surface area contributed by atoms with Crippen molar-refractivity contribution < 1.29 is 26.4 Å². The number of amides is 1. The molecule has 0 fully saturated rings. The highest BCUT2D eigenvalue weighted by molar-refractivity contribution is 9.10. The molecule has 2 aromatic rings. The lowest BCUT2D eigenvalue weighted by Crippen LogP contribution is -2.41. The zero-order valence-corrected chi connectivity index (χ0v) is 20.5. The SMILES string of the molecule is CN(C)S(=O)(=O)c1ccc(OCCNC(=O)CN(c2cccc(Br)c2)S(C)(=O)=O)cc1. The fourth-order valence-electron chi connectivity index (χ4n) is 2.50. The lowest BCUT2D eigenvalue weighted by atomic mass is 10.3. The molecule has 1 N–H and O–H groups in total. The summed E-state index contributed by atoms with van der Waals surface area (Å²) in [6.07, 6.45) is 1.03. The maximum atomic E-state index is 12.2. The van der Waals surface area contributed by atoms with Gasteiger partial charge in [-0.05, 0) is 42.5 Å². The molecule has 170 valence electrons. The summed E-state index contributed by atoms with van der Waals surface area (Å²) >= 11 is 3.28. The molecule has 0 unspecified atom stereocenters. The Hall–Kier alpha value is -2.15. The number of nitrogens with zero attached hydrogens (tertiary/aromatic N) is 2. The van der Waals surface area contributed by atoms with Gasteiger partial charge in [0.1, 0.15) is 18.9 Å². The van der Waals surface area contributed by atoms with Gasteiger partial charge in [-0.15, -0.1) is 0 Å². The van der Waals surface area contributed by atoms with Crippen molar-refractivity contribution >= 4 is 47.6 Å². The molecule has 0 radical (unpaired) electrons. The zero-order valence-electron chi connectivity index (χ0n) is 17.3. The van der Waals surface area contributed by atoms with E-state index in [1.807, 2.05) is 0 Å². The van der Waals surface area contributed by atoms with E-state index in [-0.39, 0.29) is 24.6 Å². The number of hydrogen-bond acceptors (Lipinski definition) is 6. The first kappa shape index (κ1) is 25.1. The molecule has 9 nitrogen and oxygen atoms in total. The summed E-state index contributed by atoms with van der Waals surface area (Å²) in [6, 6.07) is 12.6. The van der Waals surface area contributed by atoms with E-state index in [2.05, 4.69) is 21.2 Å². The van der Waals surface area contributed by atoms with Crippen molar-refractivity contribution in [1.82, 2.24) is 9.62 Å². The highest BCUT2D eigenvalue weighted by atomic mass is 79.9. The van der Waals surface area contributed by atoms with E-state index in [1.165, 1.54) is 38.4 Å². The first-order chi connectivity index (χ1) is 14.4. The molecular weight excluding hydrogens is 510 g/mol. The summed E-state index contributed by atoms with van der Waals surface area (Å²) in [5, 5.41) is 2.61. The smallest absolute Gasteiger partial charge is 0.242 e. The van der Waals surface area contributed by atoms with Gasteiger partial charge in [0.2, 0.25) is 26.0 Å². The summed E-state index contributed by atoms with van der Waals surface area (Å²) < 4.78 is 56.6. The van der Waals surface area contributed by atoms with Crippen LogP contribution in [0.3, 0.4) is 0 Å². The Bertz CT molecular complexity index is 1120. The van der Waals surface area contributed by atoms with Crippen LogP contribution in [0.4, 0.5) is 5.69 Å². The number of hydrogen-bond donors (Lipinski definition) is 1. The minimum atomic E-state index is -3.66. The predicted molar refractivity (Wildman–Crippen MR) is 122 cm³/mol. The molecule has 0 aliphatic carbocycles. The maximum absolute atomic E-state index is 12.2. The zero-order chi connectivity index (χ0) is 23.2. The molecule has 0 atom stereocenters. The molecule has 12 heteroatoms. The first-order valence-electron chi connectivity index (χ1n) is 9.06. The Labute approximate surface area is 191 Å². The van der Waals surface area contributed by atoms with Crippen LogP contribution in [0.25, 0.3) is 0 Å². The maximum Gasteiger partial charge on any atom is 0.242 e.